The fraction of sp³-hybridized carbons (Fsp3) is 0.130. The zero-order chi connectivity index (χ0) is 22.5. The van der Waals surface area contributed by atoms with Crippen LogP contribution in [0.3, 0.4) is 0 Å². The van der Waals surface area contributed by atoms with Crippen molar-refractivity contribution in [2.75, 3.05) is 12.4 Å². The number of methoxy groups -OCH3 is 1. The number of carbonyl (C=O) groups excluding carboxylic acids is 1. The van der Waals surface area contributed by atoms with Crippen LogP contribution in [0.2, 0.25) is 5.02 Å². The minimum absolute atomic E-state index is 0.215. The third-order valence-corrected chi connectivity index (χ3v) is 5.58. The Morgan fingerprint density at radius 1 is 1.09 bits per heavy atom. The van der Waals surface area contributed by atoms with Crippen molar-refractivity contribution in [2.24, 2.45) is 0 Å². The summed E-state index contributed by atoms with van der Waals surface area (Å²) in [4.78, 5) is 17.3. The van der Waals surface area contributed by atoms with Crippen LogP contribution in [0.25, 0.3) is 11.1 Å². The maximum atomic E-state index is 13.0. The van der Waals surface area contributed by atoms with Crippen LogP contribution in [0.1, 0.15) is 21.1 Å². The highest BCUT2D eigenvalue weighted by Crippen LogP contribution is 2.33. The number of pyridine rings is 1. The van der Waals surface area contributed by atoms with Gasteiger partial charge in [0, 0.05) is 28.0 Å². The highest BCUT2D eigenvalue weighted by atomic mass is 35.5. The van der Waals surface area contributed by atoms with Crippen LogP contribution in [-0.2, 0) is 6.61 Å². The number of para-hydroxylation sites is 1. The maximum Gasteiger partial charge on any atom is 0.259 e. The Morgan fingerprint density at radius 2 is 1.94 bits per heavy atom. The molecule has 0 unspecified atom stereocenters. The summed E-state index contributed by atoms with van der Waals surface area (Å²) in [5, 5.41) is 12.5. The average Bonchev–Trinajstić information content (AvgIpc) is 3.24. The third-order valence-electron chi connectivity index (χ3n) is 4.53. The topological polar surface area (TPSA) is 86.2 Å². The molecule has 4 aromatic rings. The summed E-state index contributed by atoms with van der Waals surface area (Å²) in [6.07, 6.45) is 1.55. The van der Waals surface area contributed by atoms with Crippen molar-refractivity contribution < 1.29 is 14.3 Å². The van der Waals surface area contributed by atoms with Crippen molar-refractivity contribution in [3.8, 4) is 22.6 Å². The van der Waals surface area contributed by atoms with E-state index in [1.54, 1.807) is 37.6 Å². The van der Waals surface area contributed by atoms with Crippen molar-refractivity contribution in [2.45, 2.75) is 13.5 Å². The molecule has 7 nitrogen and oxygen atoms in total. The largest absolute Gasteiger partial charge is 0.496 e. The van der Waals surface area contributed by atoms with Gasteiger partial charge in [0.15, 0.2) is 5.01 Å². The molecule has 0 aliphatic heterocycles. The van der Waals surface area contributed by atoms with Crippen LogP contribution in [0.4, 0.5) is 5.13 Å². The van der Waals surface area contributed by atoms with E-state index in [0.29, 0.717) is 32.2 Å². The number of rotatable bonds is 7. The molecule has 4 rings (SSSR count). The summed E-state index contributed by atoms with van der Waals surface area (Å²) < 4.78 is 11.2. The van der Waals surface area contributed by atoms with Gasteiger partial charge in [-0.05, 0) is 37.3 Å². The highest BCUT2D eigenvalue weighted by molar-refractivity contribution is 7.15. The number of benzene rings is 2. The van der Waals surface area contributed by atoms with Crippen molar-refractivity contribution in [1.29, 1.82) is 0 Å². The molecule has 0 saturated heterocycles. The van der Waals surface area contributed by atoms with E-state index in [1.165, 1.54) is 11.3 Å². The second kappa shape index (κ2) is 9.76. The normalized spacial score (nSPS) is 10.6. The number of nitrogens with zero attached hydrogens (tertiary/aromatic N) is 3. The van der Waals surface area contributed by atoms with Crippen LogP contribution in [0.5, 0.6) is 11.5 Å². The number of halogens is 1. The lowest BCUT2D eigenvalue weighted by molar-refractivity contribution is 0.102. The molecular formula is C23H19ClN4O3S. The fourth-order valence-corrected chi connectivity index (χ4v) is 3.89. The number of ether oxygens (including phenoxy) is 2. The summed E-state index contributed by atoms with van der Waals surface area (Å²) >= 11 is 7.20. The number of hydrogen-bond donors (Lipinski definition) is 1. The molecule has 1 N–H and O–H groups in total. The Labute approximate surface area is 194 Å². The molecule has 0 atom stereocenters. The van der Waals surface area contributed by atoms with Gasteiger partial charge in [-0.3, -0.25) is 15.1 Å². The molecule has 0 aliphatic rings. The fourth-order valence-electron chi connectivity index (χ4n) is 3.06. The van der Waals surface area contributed by atoms with Crippen molar-refractivity contribution >= 4 is 34.0 Å². The molecule has 2 aromatic carbocycles. The van der Waals surface area contributed by atoms with Gasteiger partial charge in [0.05, 0.1) is 12.7 Å². The van der Waals surface area contributed by atoms with Gasteiger partial charge >= 0.3 is 0 Å². The number of anilines is 1. The highest BCUT2D eigenvalue weighted by Gasteiger charge is 2.18. The molecule has 9 heteroatoms. The SMILES string of the molecule is COc1ccccc1-c1cc(C)ncc1C(=O)Nc1nnc(COc2cccc(Cl)c2)s1. The lowest BCUT2D eigenvalue weighted by Gasteiger charge is -2.13. The second-order valence-corrected chi connectivity index (χ2v) is 8.27. The number of amides is 1. The van der Waals surface area contributed by atoms with Crippen LogP contribution < -0.4 is 14.8 Å². The molecule has 162 valence electrons. The summed E-state index contributed by atoms with van der Waals surface area (Å²) in [5.41, 5.74) is 2.73. The van der Waals surface area contributed by atoms with Crippen LogP contribution >= 0.6 is 22.9 Å². The van der Waals surface area contributed by atoms with E-state index >= 15 is 0 Å². The lowest BCUT2D eigenvalue weighted by atomic mass is 9.99. The first-order chi connectivity index (χ1) is 15.5. The summed E-state index contributed by atoms with van der Waals surface area (Å²) in [6, 6.07) is 16.5. The van der Waals surface area contributed by atoms with E-state index in [1.807, 2.05) is 37.3 Å². The number of carbonyl (C=O) groups is 1. The van der Waals surface area contributed by atoms with E-state index in [0.717, 1.165) is 16.8 Å². The molecular weight excluding hydrogens is 448 g/mol. The van der Waals surface area contributed by atoms with Gasteiger partial charge in [-0.25, -0.2) is 0 Å². The van der Waals surface area contributed by atoms with Gasteiger partial charge in [0.1, 0.15) is 18.1 Å². The van der Waals surface area contributed by atoms with Gasteiger partial charge in [-0.2, -0.15) is 0 Å². The monoisotopic (exact) mass is 466 g/mol. The lowest BCUT2D eigenvalue weighted by Crippen LogP contribution is -2.14. The van der Waals surface area contributed by atoms with Crippen LogP contribution in [0, 0.1) is 6.92 Å². The maximum absolute atomic E-state index is 13.0. The zero-order valence-electron chi connectivity index (χ0n) is 17.3. The van der Waals surface area contributed by atoms with Crippen LogP contribution in [-0.4, -0.2) is 28.2 Å². The molecule has 2 heterocycles. The number of nitrogens with one attached hydrogen (secondary N) is 1. The Balaban J connectivity index is 1.51. The first kappa shape index (κ1) is 21.7. The molecule has 0 bridgehead atoms. The Kier molecular flexibility index (Phi) is 6.63. The second-order valence-electron chi connectivity index (χ2n) is 6.77. The Bertz CT molecular complexity index is 1260. The molecule has 0 spiro atoms. The van der Waals surface area contributed by atoms with Gasteiger partial charge in [-0.15, -0.1) is 10.2 Å². The minimum Gasteiger partial charge on any atom is -0.496 e. The van der Waals surface area contributed by atoms with E-state index in [4.69, 9.17) is 21.1 Å². The van der Waals surface area contributed by atoms with Gasteiger partial charge in [0.2, 0.25) is 5.13 Å². The summed E-state index contributed by atoms with van der Waals surface area (Å²) in [7, 11) is 1.60. The van der Waals surface area contributed by atoms with E-state index < -0.39 is 0 Å². The third kappa shape index (κ3) is 5.04. The van der Waals surface area contributed by atoms with E-state index in [9.17, 15) is 4.79 Å². The molecule has 1 amide bonds. The van der Waals surface area contributed by atoms with E-state index in [-0.39, 0.29) is 12.5 Å². The quantitative estimate of drug-likeness (QED) is 0.392. The Hall–Kier alpha value is -3.49. The summed E-state index contributed by atoms with van der Waals surface area (Å²) in [5.74, 6) is 0.964. The number of aryl methyl sites for hydroxylation is 1. The van der Waals surface area contributed by atoms with Crippen LogP contribution in [0.15, 0.2) is 60.8 Å². The van der Waals surface area contributed by atoms with Crippen molar-refractivity contribution in [3.63, 3.8) is 0 Å². The zero-order valence-corrected chi connectivity index (χ0v) is 18.9. The average molecular weight is 467 g/mol. The molecule has 0 saturated carbocycles. The smallest absolute Gasteiger partial charge is 0.259 e. The van der Waals surface area contributed by atoms with Gasteiger partial charge in [0.25, 0.3) is 5.91 Å². The minimum atomic E-state index is -0.336. The molecule has 0 radical (unpaired) electrons. The summed E-state index contributed by atoms with van der Waals surface area (Å²) in [6.45, 7) is 2.09. The van der Waals surface area contributed by atoms with E-state index in [2.05, 4.69) is 20.5 Å². The molecule has 0 aliphatic carbocycles. The first-order valence-electron chi connectivity index (χ1n) is 9.65. The molecule has 2 aromatic heterocycles. The standard InChI is InChI=1S/C23H19ClN4O3S/c1-14-10-18(17-8-3-4-9-20(17)30-2)19(12-25-14)22(29)26-23-28-27-21(32-23)13-31-16-7-5-6-15(24)11-16/h3-12H,13H2,1-2H3,(H,26,28,29). The van der Waals surface area contributed by atoms with Gasteiger partial charge in [-0.1, -0.05) is 47.2 Å². The van der Waals surface area contributed by atoms with Gasteiger partial charge < -0.3 is 9.47 Å². The number of hydrogen-bond acceptors (Lipinski definition) is 7. The predicted octanol–water partition coefficient (Wildman–Crippen LogP) is 5.40. The Morgan fingerprint density at radius 3 is 2.75 bits per heavy atom. The number of aromatic nitrogens is 3. The van der Waals surface area contributed by atoms with Crippen molar-refractivity contribution in [1.82, 2.24) is 15.2 Å². The van der Waals surface area contributed by atoms with Crippen molar-refractivity contribution in [3.05, 3.63) is 82.1 Å². The predicted molar refractivity (Wildman–Crippen MR) is 125 cm³/mol. The first-order valence-corrected chi connectivity index (χ1v) is 10.8. The molecule has 0 fully saturated rings. The molecule has 32 heavy (non-hydrogen) atoms.